The molecule has 2 aromatic rings. The van der Waals surface area contributed by atoms with Crippen molar-refractivity contribution in [1.82, 2.24) is 24.5 Å². The van der Waals surface area contributed by atoms with E-state index in [1.54, 1.807) is 6.92 Å². The molecule has 1 amide bonds. The summed E-state index contributed by atoms with van der Waals surface area (Å²) >= 11 is 1.09. The number of H-pyrrole nitrogens is 1. The van der Waals surface area contributed by atoms with Crippen LogP contribution in [0.3, 0.4) is 0 Å². The SMILES string of the molecule is Cc1nsc(NC(=O)c2nc(N)n[nH]2)n1. The van der Waals surface area contributed by atoms with Gasteiger partial charge in [-0.25, -0.2) is 4.98 Å². The van der Waals surface area contributed by atoms with Crippen LogP contribution in [0.1, 0.15) is 16.4 Å². The summed E-state index contributed by atoms with van der Waals surface area (Å²) in [6, 6.07) is 0. The molecule has 0 aliphatic rings. The molecule has 0 unspecified atom stereocenters. The topological polar surface area (TPSA) is 122 Å². The zero-order valence-electron chi connectivity index (χ0n) is 7.68. The van der Waals surface area contributed by atoms with Crippen molar-refractivity contribution in [3.05, 3.63) is 11.6 Å². The minimum atomic E-state index is -0.449. The fourth-order valence-corrected chi connectivity index (χ4v) is 1.45. The van der Waals surface area contributed by atoms with Gasteiger partial charge in [-0.05, 0) is 6.92 Å². The smallest absolute Gasteiger partial charge is 0.294 e. The van der Waals surface area contributed by atoms with Crippen molar-refractivity contribution in [1.29, 1.82) is 0 Å². The average Bonchev–Trinajstić information content (AvgIpc) is 2.75. The predicted molar refractivity (Wildman–Crippen MR) is 53.4 cm³/mol. The molecule has 0 saturated carbocycles. The third-order valence-corrected chi connectivity index (χ3v) is 2.19. The van der Waals surface area contributed by atoms with E-state index in [2.05, 4.69) is 29.9 Å². The second kappa shape index (κ2) is 3.61. The molecule has 0 radical (unpaired) electrons. The van der Waals surface area contributed by atoms with Crippen molar-refractivity contribution in [3.8, 4) is 0 Å². The van der Waals surface area contributed by atoms with Gasteiger partial charge in [0.25, 0.3) is 5.91 Å². The van der Waals surface area contributed by atoms with E-state index >= 15 is 0 Å². The first-order chi connectivity index (χ1) is 7.15. The fraction of sp³-hybridized carbons (Fsp3) is 0.167. The third kappa shape index (κ3) is 2.07. The quantitative estimate of drug-likeness (QED) is 0.650. The van der Waals surface area contributed by atoms with Crippen molar-refractivity contribution in [2.45, 2.75) is 6.92 Å². The molecule has 0 spiro atoms. The molecule has 0 saturated heterocycles. The number of nitrogen functional groups attached to an aromatic ring is 1. The summed E-state index contributed by atoms with van der Waals surface area (Å²) in [5, 5.41) is 8.84. The zero-order valence-corrected chi connectivity index (χ0v) is 8.50. The van der Waals surface area contributed by atoms with Crippen LogP contribution >= 0.6 is 11.5 Å². The Labute approximate surface area is 88.1 Å². The summed E-state index contributed by atoms with van der Waals surface area (Å²) < 4.78 is 3.91. The summed E-state index contributed by atoms with van der Waals surface area (Å²) in [5.41, 5.74) is 5.26. The van der Waals surface area contributed by atoms with Crippen LogP contribution < -0.4 is 11.1 Å². The van der Waals surface area contributed by atoms with Crippen molar-refractivity contribution in [3.63, 3.8) is 0 Å². The molecule has 2 rings (SSSR count). The van der Waals surface area contributed by atoms with Crippen LogP contribution in [0, 0.1) is 6.92 Å². The first kappa shape index (κ1) is 9.52. The molecule has 0 aliphatic carbocycles. The van der Waals surface area contributed by atoms with Crippen molar-refractivity contribution < 1.29 is 4.79 Å². The molecule has 15 heavy (non-hydrogen) atoms. The van der Waals surface area contributed by atoms with Gasteiger partial charge in [0.05, 0.1) is 0 Å². The summed E-state index contributed by atoms with van der Waals surface area (Å²) in [4.78, 5) is 19.1. The van der Waals surface area contributed by atoms with Gasteiger partial charge in [0, 0.05) is 11.5 Å². The predicted octanol–water partition coefficient (Wildman–Crippen LogP) is -0.201. The number of aromatic amines is 1. The van der Waals surface area contributed by atoms with Gasteiger partial charge >= 0.3 is 0 Å². The first-order valence-corrected chi connectivity index (χ1v) is 4.72. The summed E-state index contributed by atoms with van der Waals surface area (Å²) in [6.07, 6.45) is 0. The van der Waals surface area contributed by atoms with Crippen LogP contribution in [0.15, 0.2) is 0 Å². The number of amides is 1. The van der Waals surface area contributed by atoms with E-state index in [0.29, 0.717) is 11.0 Å². The Morgan fingerprint density at radius 3 is 2.87 bits per heavy atom. The zero-order chi connectivity index (χ0) is 10.8. The molecule has 0 aromatic carbocycles. The number of nitrogens with zero attached hydrogens (tertiary/aromatic N) is 4. The normalized spacial score (nSPS) is 10.2. The largest absolute Gasteiger partial charge is 0.366 e. The number of aryl methyl sites for hydroxylation is 1. The van der Waals surface area contributed by atoms with E-state index < -0.39 is 5.91 Å². The average molecular weight is 225 g/mol. The number of aromatic nitrogens is 5. The van der Waals surface area contributed by atoms with E-state index in [1.807, 2.05) is 0 Å². The minimum Gasteiger partial charge on any atom is -0.366 e. The molecular weight excluding hydrogens is 218 g/mol. The maximum atomic E-state index is 11.5. The number of nitrogens with two attached hydrogens (primary N) is 1. The number of rotatable bonds is 2. The van der Waals surface area contributed by atoms with E-state index in [0.717, 1.165) is 11.5 Å². The lowest BCUT2D eigenvalue weighted by Gasteiger charge is -1.94. The molecule has 2 heterocycles. The number of nitrogens with one attached hydrogen (secondary N) is 2. The number of hydrogen-bond donors (Lipinski definition) is 3. The third-order valence-electron chi connectivity index (χ3n) is 1.47. The second-order valence-corrected chi connectivity index (χ2v) is 3.39. The first-order valence-electron chi connectivity index (χ1n) is 3.94. The summed E-state index contributed by atoms with van der Waals surface area (Å²) in [7, 11) is 0. The molecule has 0 fully saturated rings. The van der Waals surface area contributed by atoms with E-state index in [9.17, 15) is 4.79 Å². The van der Waals surface area contributed by atoms with Crippen LogP contribution in [0.25, 0.3) is 0 Å². The monoisotopic (exact) mass is 225 g/mol. The van der Waals surface area contributed by atoms with Gasteiger partial charge in [0.15, 0.2) is 0 Å². The minimum absolute atomic E-state index is 0.0218. The Bertz CT molecular complexity index is 489. The Hall–Kier alpha value is -2.03. The molecule has 0 bridgehead atoms. The van der Waals surface area contributed by atoms with E-state index in [4.69, 9.17) is 5.73 Å². The molecule has 9 heteroatoms. The number of hydrogen-bond acceptors (Lipinski definition) is 7. The summed E-state index contributed by atoms with van der Waals surface area (Å²) in [5.74, 6) is 0.219. The highest BCUT2D eigenvalue weighted by molar-refractivity contribution is 7.09. The Kier molecular flexibility index (Phi) is 2.29. The molecule has 0 aliphatic heterocycles. The maximum Gasteiger partial charge on any atom is 0.294 e. The van der Waals surface area contributed by atoms with Crippen LogP contribution in [-0.4, -0.2) is 30.4 Å². The van der Waals surface area contributed by atoms with Gasteiger partial charge in [-0.1, -0.05) is 0 Å². The number of carbonyl (C=O) groups is 1. The number of carbonyl (C=O) groups excluding carboxylic acids is 1. The van der Waals surface area contributed by atoms with Gasteiger partial charge < -0.3 is 5.73 Å². The van der Waals surface area contributed by atoms with Crippen molar-refractivity contribution in [2.75, 3.05) is 11.1 Å². The van der Waals surface area contributed by atoms with Gasteiger partial charge in [-0.3, -0.25) is 15.2 Å². The number of anilines is 2. The highest BCUT2D eigenvalue weighted by Crippen LogP contribution is 2.10. The summed E-state index contributed by atoms with van der Waals surface area (Å²) in [6.45, 7) is 1.73. The fourth-order valence-electron chi connectivity index (χ4n) is 0.880. The Morgan fingerprint density at radius 1 is 1.53 bits per heavy atom. The van der Waals surface area contributed by atoms with Crippen LogP contribution in [0.2, 0.25) is 0 Å². The highest BCUT2D eigenvalue weighted by atomic mass is 32.1. The molecular formula is C6H7N7OS. The van der Waals surface area contributed by atoms with Gasteiger partial charge in [0.2, 0.25) is 16.9 Å². The van der Waals surface area contributed by atoms with Gasteiger partial charge in [-0.15, -0.1) is 5.10 Å². The second-order valence-electron chi connectivity index (χ2n) is 2.64. The Balaban J connectivity index is 2.10. The highest BCUT2D eigenvalue weighted by Gasteiger charge is 2.12. The molecule has 2 aromatic heterocycles. The lowest BCUT2D eigenvalue weighted by molar-refractivity contribution is 0.101. The molecule has 8 nitrogen and oxygen atoms in total. The molecule has 0 atom stereocenters. The standard InChI is InChI=1S/C6H7N7OS/c1-2-8-6(15-13-2)10-4(14)3-9-5(7)12-11-3/h1H3,(H3,7,9,11,12)(H,8,10,13,14). The van der Waals surface area contributed by atoms with Crippen molar-refractivity contribution in [2.24, 2.45) is 0 Å². The van der Waals surface area contributed by atoms with Crippen LogP contribution in [0.4, 0.5) is 11.1 Å². The van der Waals surface area contributed by atoms with E-state index in [1.165, 1.54) is 0 Å². The van der Waals surface area contributed by atoms with Gasteiger partial charge in [0.1, 0.15) is 5.82 Å². The lowest BCUT2D eigenvalue weighted by Crippen LogP contribution is -2.13. The van der Waals surface area contributed by atoms with Crippen LogP contribution in [-0.2, 0) is 0 Å². The van der Waals surface area contributed by atoms with E-state index in [-0.39, 0.29) is 11.8 Å². The van der Waals surface area contributed by atoms with Crippen molar-refractivity contribution >= 4 is 28.5 Å². The van der Waals surface area contributed by atoms with Gasteiger partial charge in [-0.2, -0.15) is 9.36 Å². The lowest BCUT2D eigenvalue weighted by atomic mass is 10.6. The maximum absolute atomic E-state index is 11.5. The van der Waals surface area contributed by atoms with Crippen LogP contribution in [0.5, 0.6) is 0 Å². The molecule has 78 valence electrons. The Morgan fingerprint density at radius 2 is 2.33 bits per heavy atom. The molecule has 4 N–H and O–H groups in total.